The molecule has 0 radical (unpaired) electrons. The van der Waals surface area contributed by atoms with Gasteiger partial charge in [0.05, 0.1) is 16.3 Å². The van der Waals surface area contributed by atoms with Crippen molar-refractivity contribution in [3.63, 3.8) is 0 Å². The molecule has 0 saturated heterocycles. The van der Waals surface area contributed by atoms with Crippen LogP contribution in [-0.4, -0.2) is 15.3 Å². The fraction of sp³-hybridized carbons (Fsp3) is 0. The Morgan fingerprint density at radius 3 is 2.72 bits per heavy atom. The van der Waals surface area contributed by atoms with Gasteiger partial charge in [-0.15, -0.1) is 11.3 Å². The Balaban J connectivity index is 1.53. The second kappa shape index (κ2) is 6.31. The van der Waals surface area contributed by atoms with E-state index in [0.29, 0.717) is 5.69 Å². The summed E-state index contributed by atoms with van der Waals surface area (Å²) in [4.78, 5) is 17.7. The van der Waals surface area contributed by atoms with Crippen LogP contribution in [0, 0.1) is 5.82 Å². The van der Waals surface area contributed by atoms with E-state index in [2.05, 4.69) is 10.3 Å². The zero-order valence-electron chi connectivity index (χ0n) is 12.7. The monoisotopic (exact) mass is 371 g/mol. The van der Waals surface area contributed by atoms with E-state index in [4.69, 9.17) is 11.6 Å². The summed E-state index contributed by atoms with van der Waals surface area (Å²) in [5.74, 6) is -0.869. The molecule has 0 aliphatic carbocycles. The molecule has 2 heterocycles. The minimum absolute atomic E-state index is 0.0761. The van der Waals surface area contributed by atoms with Gasteiger partial charge in [-0.1, -0.05) is 23.7 Å². The number of thiazole rings is 1. The molecule has 124 valence electrons. The molecule has 4 nitrogen and oxygen atoms in total. The first-order valence-electron chi connectivity index (χ1n) is 7.39. The van der Waals surface area contributed by atoms with Crippen LogP contribution >= 0.6 is 22.9 Å². The van der Waals surface area contributed by atoms with Crippen LogP contribution in [0.3, 0.4) is 0 Å². The number of imidazole rings is 1. The third-order valence-electron chi connectivity index (χ3n) is 3.71. The van der Waals surface area contributed by atoms with Gasteiger partial charge in [-0.3, -0.25) is 9.20 Å². The van der Waals surface area contributed by atoms with Gasteiger partial charge in [0.25, 0.3) is 5.91 Å². The molecule has 4 aromatic rings. The number of hydrogen-bond donors (Lipinski definition) is 1. The number of halogens is 2. The Bertz CT molecular complexity index is 1040. The van der Waals surface area contributed by atoms with Gasteiger partial charge in [-0.25, -0.2) is 9.37 Å². The van der Waals surface area contributed by atoms with Crippen molar-refractivity contribution in [2.24, 2.45) is 0 Å². The van der Waals surface area contributed by atoms with Gasteiger partial charge >= 0.3 is 0 Å². The first-order valence-corrected chi connectivity index (χ1v) is 8.65. The molecule has 0 spiro atoms. The van der Waals surface area contributed by atoms with Crippen molar-refractivity contribution < 1.29 is 9.18 Å². The van der Waals surface area contributed by atoms with Crippen LogP contribution < -0.4 is 5.32 Å². The van der Waals surface area contributed by atoms with Crippen molar-refractivity contribution in [1.82, 2.24) is 9.38 Å². The van der Waals surface area contributed by atoms with Crippen molar-refractivity contribution in [3.8, 4) is 11.3 Å². The third-order valence-corrected chi connectivity index (χ3v) is 4.79. The summed E-state index contributed by atoms with van der Waals surface area (Å²) in [6.45, 7) is 0. The van der Waals surface area contributed by atoms with Crippen LogP contribution in [-0.2, 0) is 0 Å². The van der Waals surface area contributed by atoms with E-state index in [-0.39, 0.29) is 16.5 Å². The summed E-state index contributed by atoms with van der Waals surface area (Å²) in [6.07, 6.45) is 3.91. The number of benzene rings is 2. The van der Waals surface area contributed by atoms with Crippen LogP contribution in [0.5, 0.6) is 0 Å². The van der Waals surface area contributed by atoms with Gasteiger partial charge in [-0.05, 0) is 30.3 Å². The van der Waals surface area contributed by atoms with Gasteiger partial charge in [0, 0.05) is 29.0 Å². The van der Waals surface area contributed by atoms with Gasteiger partial charge in [0.2, 0.25) is 0 Å². The topological polar surface area (TPSA) is 46.4 Å². The smallest absolute Gasteiger partial charge is 0.257 e. The first kappa shape index (κ1) is 15.8. The number of carbonyl (C=O) groups excluding carboxylic acids is 1. The molecular formula is C18H11ClFN3OS. The number of nitrogens with zero attached hydrogens (tertiary/aromatic N) is 2. The molecule has 4 rings (SSSR count). The Morgan fingerprint density at radius 2 is 2.00 bits per heavy atom. The first-order chi connectivity index (χ1) is 12.1. The highest BCUT2D eigenvalue weighted by molar-refractivity contribution is 7.15. The lowest BCUT2D eigenvalue weighted by Crippen LogP contribution is -2.12. The number of aromatic nitrogens is 2. The van der Waals surface area contributed by atoms with Gasteiger partial charge < -0.3 is 5.32 Å². The molecular weight excluding hydrogens is 361 g/mol. The number of anilines is 1. The number of nitrogens with one attached hydrogen (secondary N) is 1. The van der Waals surface area contributed by atoms with Gasteiger partial charge in [0.1, 0.15) is 5.82 Å². The SMILES string of the molecule is O=C(Nc1ccc(-c2cn3ccsc3n2)cc1)c1ccc(F)cc1Cl. The second-order valence-electron chi connectivity index (χ2n) is 5.37. The lowest BCUT2D eigenvalue weighted by Gasteiger charge is -2.07. The van der Waals surface area contributed by atoms with E-state index >= 15 is 0 Å². The number of hydrogen-bond acceptors (Lipinski definition) is 3. The minimum atomic E-state index is -0.481. The third kappa shape index (κ3) is 3.14. The number of rotatable bonds is 3. The van der Waals surface area contributed by atoms with Crippen molar-refractivity contribution in [3.05, 3.63) is 76.6 Å². The highest BCUT2D eigenvalue weighted by atomic mass is 35.5. The summed E-state index contributed by atoms with van der Waals surface area (Å²) in [5, 5.41) is 4.80. The predicted octanol–water partition coefficient (Wildman–Crippen LogP) is 5.11. The summed E-state index contributed by atoms with van der Waals surface area (Å²) >= 11 is 7.48. The Labute approximate surface area is 151 Å². The van der Waals surface area contributed by atoms with E-state index < -0.39 is 5.82 Å². The largest absolute Gasteiger partial charge is 0.322 e. The van der Waals surface area contributed by atoms with Gasteiger partial charge in [0.15, 0.2) is 4.96 Å². The summed E-state index contributed by atoms with van der Waals surface area (Å²) < 4.78 is 15.0. The van der Waals surface area contributed by atoms with Crippen molar-refractivity contribution in [2.45, 2.75) is 0 Å². The molecule has 1 N–H and O–H groups in total. The van der Waals surface area contributed by atoms with E-state index in [9.17, 15) is 9.18 Å². The lowest BCUT2D eigenvalue weighted by atomic mass is 10.1. The van der Waals surface area contributed by atoms with Gasteiger partial charge in [-0.2, -0.15) is 0 Å². The van der Waals surface area contributed by atoms with E-state index in [1.807, 2.05) is 34.3 Å². The zero-order chi connectivity index (χ0) is 17.4. The average molecular weight is 372 g/mol. The van der Waals surface area contributed by atoms with Crippen LogP contribution in [0.4, 0.5) is 10.1 Å². The molecule has 0 saturated carbocycles. The molecule has 0 aliphatic rings. The Hall–Kier alpha value is -2.70. The summed E-state index contributed by atoms with van der Waals surface area (Å²) in [6, 6.07) is 11.0. The Morgan fingerprint density at radius 1 is 1.20 bits per heavy atom. The quantitative estimate of drug-likeness (QED) is 0.544. The molecule has 0 atom stereocenters. The molecule has 1 amide bonds. The van der Waals surface area contributed by atoms with Crippen LogP contribution in [0.25, 0.3) is 16.2 Å². The maximum atomic E-state index is 13.1. The molecule has 0 bridgehead atoms. The zero-order valence-corrected chi connectivity index (χ0v) is 14.3. The molecule has 0 fully saturated rings. The fourth-order valence-corrected chi connectivity index (χ4v) is 3.42. The fourth-order valence-electron chi connectivity index (χ4n) is 2.46. The molecule has 7 heteroatoms. The number of amides is 1. The molecule has 2 aromatic carbocycles. The van der Waals surface area contributed by atoms with Crippen LogP contribution in [0.15, 0.2) is 60.2 Å². The van der Waals surface area contributed by atoms with Crippen molar-refractivity contribution in [1.29, 1.82) is 0 Å². The van der Waals surface area contributed by atoms with E-state index in [0.717, 1.165) is 22.3 Å². The normalized spacial score (nSPS) is 11.0. The van der Waals surface area contributed by atoms with E-state index in [1.54, 1.807) is 23.5 Å². The minimum Gasteiger partial charge on any atom is -0.322 e. The molecule has 25 heavy (non-hydrogen) atoms. The highest BCUT2D eigenvalue weighted by Gasteiger charge is 2.12. The summed E-state index contributed by atoms with van der Waals surface area (Å²) in [7, 11) is 0. The van der Waals surface area contributed by atoms with Crippen LogP contribution in [0.1, 0.15) is 10.4 Å². The maximum absolute atomic E-state index is 13.1. The number of carbonyl (C=O) groups is 1. The lowest BCUT2D eigenvalue weighted by molar-refractivity contribution is 0.102. The maximum Gasteiger partial charge on any atom is 0.257 e. The average Bonchev–Trinajstić information content (AvgIpc) is 3.17. The summed E-state index contributed by atoms with van der Waals surface area (Å²) in [5.41, 5.74) is 2.66. The van der Waals surface area contributed by atoms with Crippen molar-refractivity contribution >= 4 is 39.5 Å². The highest BCUT2D eigenvalue weighted by Crippen LogP contribution is 2.24. The van der Waals surface area contributed by atoms with E-state index in [1.165, 1.54) is 12.1 Å². The Kier molecular flexibility index (Phi) is 3.99. The molecule has 0 unspecified atom stereocenters. The second-order valence-corrected chi connectivity index (χ2v) is 6.65. The predicted molar refractivity (Wildman–Crippen MR) is 97.9 cm³/mol. The van der Waals surface area contributed by atoms with Crippen molar-refractivity contribution in [2.75, 3.05) is 5.32 Å². The van der Waals surface area contributed by atoms with Crippen LogP contribution in [0.2, 0.25) is 5.02 Å². The number of fused-ring (bicyclic) bond motifs is 1. The molecule has 2 aromatic heterocycles. The molecule has 0 aliphatic heterocycles. The standard InChI is InChI=1S/C18H11ClFN3OS/c19-15-9-12(20)3-6-14(15)17(24)21-13-4-1-11(2-5-13)16-10-23-7-8-25-18(23)22-16/h1-10H,(H,21,24).